The molecule has 0 aliphatic heterocycles. The van der Waals surface area contributed by atoms with Gasteiger partial charge in [0.05, 0.1) is 0 Å². The number of rotatable bonds is 4. The van der Waals surface area contributed by atoms with Crippen molar-refractivity contribution in [3.05, 3.63) is 71.0 Å². The first-order valence-corrected chi connectivity index (χ1v) is 6.34. The van der Waals surface area contributed by atoms with Crippen LogP contribution in [0.15, 0.2) is 48.5 Å². The molecule has 0 spiro atoms. The van der Waals surface area contributed by atoms with Gasteiger partial charge >= 0.3 is 5.97 Å². The Morgan fingerprint density at radius 3 is 2.43 bits per heavy atom. The topological polar surface area (TPSA) is 66.4 Å². The van der Waals surface area contributed by atoms with Gasteiger partial charge in [0.2, 0.25) is 0 Å². The number of carbonyl (C=O) groups is 2. The second kappa shape index (κ2) is 6.17. The number of nitrogens with one attached hydrogen (secondary N) is 1. The van der Waals surface area contributed by atoms with Crippen LogP contribution in [-0.2, 0) is 4.79 Å². The zero-order chi connectivity index (χ0) is 15.4. The Kier molecular flexibility index (Phi) is 4.33. The molecule has 21 heavy (non-hydrogen) atoms. The molecule has 0 unspecified atom stereocenters. The van der Waals surface area contributed by atoms with Crippen molar-refractivity contribution in [1.29, 1.82) is 0 Å². The van der Waals surface area contributed by atoms with Crippen molar-refractivity contribution >= 4 is 11.9 Å². The summed E-state index contributed by atoms with van der Waals surface area (Å²) < 4.78 is 13.2. The second-order valence-corrected chi connectivity index (χ2v) is 4.61. The molecule has 0 aliphatic carbocycles. The van der Waals surface area contributed by atoms with Crippen LogP contribution in [0, 0.1) is 12.7 Å². The normalized spacial score (nSPS) is 11.7. The summed E-state index contributed by atoms with van der Waals surface area (Å²) in [5, 5.41) is 11.7. The molecule has 5 heteroatoms. The first-order chi connectivity index (χ1) is 9.99. The van der Waals surface area contributed by atoms with Gasteiger partial charge in [0, 0.05) is 5.56 Å². The number of benzene rings is 2. The minimum atomic E-state index is -1.18. The maximum absolute atomic E-state index is 13.2. The summed E-state index contributed by atoms with van der Waals surface area (Å²) in [6.45, 7) is 1.66. The fourth-order valence-electron chi connectivity index (χ4n) is 1.98. The minimum Gasteiger partial charge on any atom is -0.479 e. The number of halogens is 1. The van der Waals surface area contributed by atoms with Gasteiger partial charge < -0.3 is 10.4 Å². The average molecular weight is 287 g/mol. The third-order valence-corrected chi connectivity index (χ3v) is 3.10. The van der Waals surface area contributed by atoms with E-state index in [2.05, 4.69) is 5.32 Å². The number of hydrogen-bond donors (Lipinski definition) is 2. The van der Waals surface area contributed by atoms with Gasteiger partial charge in [-0.15, -0.1) is 0 Å². The highest BCUT2D eigenvalue weighted by Gasteiger charge is 2.23. The largest absolute Gasteiger partial charge is 0.479 e. The van der Waals surface area contributed by atoms with E-state index in [1.54, 1.807) is 37.3 Å². The van der Waals surface area contributed by atoms with E-state index in [9.17, 15) is 19.1 Å². The summed E-state index contributed by atoms with van der Waals surface area (Å²) in [6, 6.07) is 11.0. The van der Waals surface area contributed by atoms with E-state index in [1.807, 2.05) is 0 Å². The van der Waals surface area contributed by atoms with Crippen LogP contribution in [0.4, 0.5) is 4.39 Å². The first kappa shape index (κ1) is 14.7. The molecule has 0 bridgehead atoms. The van der Waals surface area contributed by atoms with E-state index < -0.39 is 23.7 Å². The summed E-state index contributed by atoms with van der Waals surface area (Å²) in [5.74, 6) is -2.34. The maximum atomic E-state index is 13.2. The molecule has 0 saturated carbocycles. The Bertz CT molecular complexity index is 670. The number of aryl methyl sites for hydroxylation is 1. The minimum absolute atomic E-state index is 0.122. The van der Waals surface area contributed by atoms with E-state index in [0.29, 0.717) is 11.1 Å². The zero-order valence-corrected chi connectivity index (χ0v) is 11.3. The van der Waals surface area contributed by atoms with Crippen LogP contribution in [0.2, 0.25) is 0 Å². The zero-order valence-electron chi connectivity index (χ0n) is 11.3. The van der Waals surface area contributed by atoms with Crippen LogP contribution in [-0.4, -0.2) is 17.0 Å². The van der Waals surface area contributed by atoms with Crippen LogP contribution >= 0.6 is 0 Å². The number of carboxylic acids is 1. The van der Waals surface area contributed by atoms with Crippen LogP contribution in [0.25, 0.3) is 0 Å². The van der Waals surface area contributed by atoms with Gasteiger partial charge in [0.15, 0.2) is 6.04 Å². The molecule has 1 atom stereocenters. The molecule has 2 aromatic carbocycles. The summed E-state index contributed by atoms with van der Waals surface area (Å²) in [6.07, 6.45) is 0. The quantitative estimate of drug-likeness (QED) is 0.908. The molecule has 0 aromatic heterocycles. The van der Waals surface area contributed by atoms with Crippen molar-refractivity contribution in [1.82, 2.24) is 5.32 Å². The molecule has 0 saturated heterocycles. The lowest BCUT2D eigenvalue weighted by Gasteiger charge is -2.15. The average Bonchev–Trinajstić information content (AvgIpc) is 2.47. The van der Waals surface area contributed by atoms with E-state index in [0.717, 1.165) is 6.07 Å². The van der Waals surface area contributed by atoms with Gasteiger partial charge in [-0.3, -0.25) is 4.79 Å². The molecule has 108 valence electrons. The highest BCUT2D eigenvalue weighted by atomic mass is 19.1. The maximum Gasteiger partial charge on any atom is 0.330 e. The van der Waals surface area contributed by atoms with Gasteiger partial charge in [-0.2, -0.15) is 0 Å². The molecule has 0 heterocycles. The number of carbonyl (C=O) groups excluding carboxylic acids is 1. The summed E-state index contributed by atoms with van der Waals surface area (Å²) >= 11 is 0. The Morgan fingerprint density at radius 2 is 1.81 bits per heavy atom. The highest BCUT2D eigenvalue weighted by Crippen LogP contribution is 2.16. The fraction of sp³-hybridized carbons (Fsp3) is 0.125. The van der Waals surface area contributed by atoms with Crippen LogP contribution in [0.3, 0.4) is 0 Å². The number of aliphatic carboxylic acids is 1. The van der Waals surface area contributed by atoms with Gasteiger partial charge in [-0.25, -0.2) is 9.18 Å². The van der Waals surface area contributed by atoms with Gasteiger partial charge in [-0.1, -0.05) is 36.4 Å². The molecule has 1 amide bonds. The first-order valence-electron chi connectivity index (χ1n) is 6.34. The Labute approximate surface area is 121 Å². The third kappa shape index (κ3) is 3.45. The van der Waals surface area contributed by atoms with Crippen molar-refractivity contribution in [2.45, 2.75) is 13.0 Å². The number of hydrogen-bond acceptors (Lipinski definition) is 2. The summed E-state index contributed by atoms with van der Waals surface area (Å²) in [7, 11) is 0. The highest BCUT2D eigenvalue weighted by molar-refractivity contribution is 5.98. The Hall–Kier alpha value is -2.69. The fourth-order valence-corrected chi connectivity index (χ4v) is 1.98. The molecule has 2 rings (SSSR count). The van der Waals surface area contributed by atoms with Crippen LogP contribution in [0.1, 0.15) is 27.5 Å². The molecule has 0 aliphatic rings. The molecule has 0 fully saturated rings. The van der Waals surface area contributed by atoms with Gasteiger partial charge in [0.1, 0.15) is 5.82 Å². The number of carboxylic acid groups (broad SMARTS) is 1. The van der Waals surface area contributed by atoms with Crippen molar-refractivity contribution in [2.75, 3.05) is 0 Å². The lowest BCUT2D eigenvalue weighted by atomic mass is 10.0. The molecular weight excluding hydrogens is 273 g/mol. The molecule has 4 nitrogen and oxygen atoms in total. The molecular formula is C16H14FNO3. The summed E-state index contributed by atoms with van der Waals surface area (Å²) in [5.41, 5.74) is 1.15. The lowest BCUT2D eigenvalue weighted by Crippen LogP contribution is -2.34. The standard InChI is InChI=1S/C16H14FNO3/c1-10-7-8-12(17)9-13(10)15(19)18-14(16(20)21)11-5-3-2-4-6-11/h2-9,14H,1H3,(H,18,19)(H,20,21)/t14-/m0/s1. The van der Waals surface area contributed by atoms with E-state index in [1.165, 1.54) is 12.1 Å². The lowest BCUT2D eigenvalue weighted by molar-refractivity contribution is -0.139. The van der Waals surface area contributed by atoms with E-state index in [-0.39, 0.29) is 5.56 Å². The molecule has 2 aromatic rings. The Morgan fingerprint density at radius 1 is 1.14 bits per heavy atom. The van der Waals surface area contributed by atoms with Gasteiger partial charge in [0.25, 0.3) is 5.91 Å². The summed E-state index contributed by atoms with van der Waals surface area (Å²) in [4.78, 5) is 23.5. The van der Waals surface area contributed by atoms with Crippen molar-refractivity contribution < 1.29 is 19.1 Å². The monoisotopic (exact) mass is 287 g/mol. The SMILES string of the molecule is Cc1ccc(F)cc1C(=O)N[C@H](C(=O)O)c1ccccc1. The third-order valence-electron chi connectivity index (χ3n) is 3.10. The van der Waals surface area contributed by atoms with Crippen LogP contribution < -0.4 is 5.32 Å². The van der Waals surface area contributed by atoms with E-state index >= 15 is 0 Å². The van der Waals surface area contributed by atoms with Crippen molar-refractivity contribution in [2.24, 2.45) is 0 Å². The smallest absolute Gasteiger partial charge is 0.330 e. The van der Waals surface area contributed by atoms with Crippen LogP contribution in [0.5, 0.6) is 0 Å². The van der Waals surface area contributed by atoms with E-state index in [4.69, 9.17) is 0 Å². The predicted molar refractivity (Wildman–Crippen MR) is 75.4 cm³/mol. The Balaban J connectivity index is 2.27. The second-order valence-electron chi connectivity index (χ2n) is 4.61. The number of amides is 1. The van der Waals surface area contributed by atoms with Crippen molar-refractivity contribution in [3.8, 4) is 0 Å². The molecule has 0 radical (unpaired) electrons. The van der Waals surface area contributed by atoms with Crippen molar-refractivity contribution in [3.63, 3.8) is 0 Å². The molecule has 2 N–H and O–H groups in total. The van der Waals surface area contributed by atoms with Gasteiger partial charge in [-0.05, 0) is 30.2 Å². The predicted octanol–water partition coefficient (Wildman–Crippen LogP) is 2.69.